The van der Waals surface area contributed by atoms with Gasteiger partial charge in [0.1, 0.15) is 11.6 Å². The molecule has 0 unspecified atom stereocenters. The minimum atomic E-state index is -0.201. The lowest BCUT2D eigenvalue weighted by molar-refractivity contribution is 0.196. The average Bonchev–Trinajstić information content (AvgIpc) is 2.16. The Kier molecular flexibility index (Phi) is 3.38. The minimum Gasteiger partial charge on any atom is -0.493 e. The normalized spacial score (nSPS) is 16.7. The van der Waals surface area contributed by atoms with E-state index in [9.17, 15) is 4.39 Å². The summed E-state index contributed by atoms with van der Waals surface area (Å²) in [4.78, 5) is 0. The smallest absolute Gasteiger partial charge is 0.123 e. The summed E-state index contributed by atoms with van der Waals surface area (Å²) in [5, 5.41) is 3.21. The molecule has 0 bridgehead atoms. The third-order valence-electron chi connectivity index (χ3n) is 3.09. The molecule has 3 heteroatoms. The van der Waals surface area contributed by atoms with Crippen LogP contribution in [0.1, 0.15) is 26.3 Å². The molecule has 0 amide bonds. The number of nitrogens with one attached hydrogen (secondary N) is 1. The van der Waals surface area contributed by atoms with Crippen molar-refractivity contribution in [2.45, 2.75) is 26.2 Å². The summed E-state index contributed by atoms with van der Waals surface area (Å²) in [5.41, 5.74) is 0.833. The average molecular weight is 237 g/mol. The van der Waals surface area contributed by atoms with E-state index < -0.39 is 0 Å². The quantitative estimate of drug-likeness (QED) is 0.872. The summed E-state index contributed by atoms with van der Waals surface area (Å²) >= 11 is 0. The third-order valence-corrected chi connectivity index (χ3v) is 3.09. The highest BCUT2D eigenvalue weighted by Crippen LogP contribution is 2.32. The van der Waals surface area contributed by atoms with Gasteiger partial charge in [0.2, 0.25) is 0 Å². The lowest BCUT2D eigenvalue weighted by atomic mass is 9.86. The monoisotopic (exact) mass is 237 g/mol. The summed E-state index contributed by atoms with van der Waals surface area (Å²) in [6.45, 7) is 8.96. The van der Waals surface area contributed by atoms with E-state index in [0.29, 0.717) is 12.5 Å². The predicted molar refractivity (Wildman–Crippen MR) is 67.0 cm³/mol. The number of hydrogen-bond donors (Lipinski definition) is 1. The van der Waals surface area contributed by atoms with Gasteiger partial charge in [-0.25, -0.2) is 4.39 Å². The van der Waals surface area contributed by atoms with Crippen molar-refractivity contribution in [3.8, 4) is 5.75 Å². The zero-order chi connectivity index (χ0) is 12.5. The molecule has 1 aromatic rings. The van der Waals surface area contributed by atoms with Crippen molar-refractivity contribution in [3.63, 3.8) is 0 Å². The van der Waals surface area contributed by atoms with Crippen LogP contribution in [0.5, 0.6) is 5.75 Å². The van der Waals surface area contributed by atoms with Gasteiger partial charge in [-0.2, -0.15) is 0 Å². The van der Waals surface area contributed by atoms with Crippen LogP contribution in [-0.2, 0) is 5.41 Å². The lowest BCUT2D eigenvalue weighted by Crippen LogP contribution is -2.45. The number of benzene rings is 1. The molecular formula is C14H20FNO. The molecule has 1 N–H and O–H groups in total. The molecule has 2 nitrogen and oxygen atoms in total. The second-order valence-electron chi connectivity index (χ2n) is 5.73. The van der Waals surface area contributed by atoms with Gasteiger partial charge in [-0.15, -0.1) is 0 Å². The van der Waals surface area contributed by atoms with Gasteiger partial charge in [0.15, 0.2) is 0 Å². The van der Waals surface area contributed by atoms with Crippen LogP contribution in [-0.4, -0.2) is 19.7 Å². The number of ether oxygens (including phenoxy) is 1. The summed E-state index contributed by atoms with van der Waals surface area (Å²) < 4.78 is 19.1. The fourth-order valence-corrected chi connectivity index (χ4v) is 1.89. The van der Waals surface area contributed by atoms with Crippen LogP contribution in [0.2, 0.25) is 0 Å². The van der Waals surface area contributed by atoms with Crippen molar-refractivity contribution >= 4 is 0 Å². The molecule has 0 atom stereocenters. The second-order valence-corrected chi connectivity index (χ2v) is 5.73. The lowest BCUT2D eigenvalue weighted by Gasteiger charge is -2.29. The van der Waals surface area contributed by atoms with E-state index in [1.54, 1.807) is 12.1 Å². The molecule has 1 aromatic carbocycles. The Bertz CT molecular complexity index is 394. The summed E-state index contributed by atoms with van der Waals surface area (Å²) in [6, 6.07) is 4.78. The Morgan fingerprint density at radius 2 is 2.06 bits per heavy atom. The number of hydrogen-bond acceptors (Lipinski definition) is 2. The van der Waals surface area contributed by atoms with Crippen LogP contribution < -0.4 is 10.1 Å². The van der Waals surface area contributed by atoms with Crippen molar-refractivity contribution in [2.75, 3.05) is 19.7 Å². The SMILES string of the molecule is CC(C)(C)c1cc(F)ccc1OCC1CNC1. The Morgan fingerprint density at radius 3 is 2.59 bits per heavy atom. The van der Waals surface area contributed by atoms with Gasteiger partial charge in [-0.05, 0) is 23.6 Å². The van der Waals surface area contributed by atoms with Crippen molar-refractivity contribution < 1.29 is 9.13 Å². The molecule has 1 heterocycles. The van der Waals surface area contributed by atoms with Gasteiger partial charge in [0, 0.05) is 24.6 Å². The molecule has 94 valence electrons. The number of rotatable bonds is 3. The molecule has 1 fully saturated rings. The first-order valence-electron chi connectivity index (χ1n) is 6.10. The zero-order valence-corrected chi connectivity index (χ0v) is 10.7. The molecule has 17 heavy (non-hydrogen) atoms. The van der Waals surface area contributed by atoms with Crippen LogP contribution in [0.4, 0.5) is 4.39 Å². The molecule has 2 rings (SSSR count). The van der Waals surface area contributed by atoms with Crippen LogP contribution in [0.3, 0.4) is 0 Å². The topological polar surface area (TPSA) is 21.3 Å². The van der Waals surface area contributed by atoms with Gasteiger partial charge in [0.25, 0.3) is 0 Å². The zero-order valence-electron chi connectivity index (χ0n) is 10.7. The maximum absolute atomic E-state index is 13.3. The maximum atomic E-state index is 13.3. The first kappa shape index (κ1) is 12.4. The van der Waals surface area contributed by atoms with Gasteiger partial charge in [-0.3, -0.25) is 0 Å². The highest BCUT2D eigenvalue weighted by molar-refractivity contribution is 5.38. The Labute approximate surface area is 102 Å². The molecule has 0 saturated carbocycles. The Morgan fingerprint density at radius 1 is 1.35 bits per heavy atom. The number of halogens is 1. The van der Waals surface area contributed by atoms with Crippen LogP contribution >= 0.6 is 0 Å². The van der Waals surface area contributed by atoms with E-state index in [1.165, 1.54) is 6.07 Å². The highest BCUT2D eigenvalue weighted by atomic mass is 19.1. The molecule has 0 radical (unpaired) electrons. The van der Waals surface area contributed by atoms with E-state index in [2.05, 4.69) is 26.1 Å². The van der Waals surface area contributed by atoms with Crippen molar-refractivity contribution in [3.05, 3.63) is 29.6 Å². The first-order valence-corrected chi connectivity index (χ1v) is 6.10. The standard InChI is InChI=1S/C14H20FNO/c1-14(2,3)12-6-11(15)4-5-13(12)17-9-10-7-16-8-10/h4-6,10,16H,7-9H2,1-3H3. The molecule has 0 aliphatic carbocycles. The Hall–Kier alpha value is -1.09. The van der Waals surface area contributed by atoms with Crippen molar-refractivity contribution in [2.24, 2.45) is 5.92 Å². The minimum absolute atomic E-state index is 0.102. The van der Waals surface area contributed by atoms with Crippen LogP contribution in [0, 0.1) is 11.7 Å². The van der Waals surface area contributed by atoms with E-state index in [-0.39, 0.29) is 11.2 Å². The third kappa shape index (κ3) is 2.97. The molecular weight excluding hydrogens is 217 g/mol. The summed E-state index contributed by atoms with van der Waals surface area (Å²) in [7, 11) is 0. The maximum Gasteiger partial charge on any atom is 0.123 e. The van der Waals surface area contributed by atoms with Gasteiger partial charge in [-0.1, -0.05) is 20.8 Å². The molecule has 0 aromatic heterocycles. The summed E-state index contributed by atoms with van der Waals surface area (Å²) in [5.74, 6) is 1.20. The largest absolute Gasteiger partial charge is 0.493 e. The Balaban J connectivity index is 2.13. The van der Waals surface area contributed by atoms with Gasteiger partial charge < -0.3 is 10.1 Å². The van der Waals surface area contributed by atoms with Gasteiger partial charge >= 0.3 is 0 Å². The molecule has 1 aliphatic heterocycles. The highest BCUT2D eigenvalue weighted by Gasteiger charge is 2.22. The fraction of sp³-hybridized carbons (Fsp3) is 0.571. The van der Waals surface area contributed by atoms with E-state index in [0.717, 1.165) is 24.4 Å². The second kappa shape index (κ2) is 4.65. The van der Waals surface area contributed by atoms with Crippen molar-refractivity contribution in [1.82, 2.24) is 5.32 Å². The summed E-state index contributed by atoms with van der Waals surface area (Å²) in [6.07, 6.45) is 0. The van der Waals surface area contributed by atoms with E-state index in [4.69, 9.17) is 4.74 Å². The van der Waals surface area contributed by atoms with Gasteiger partial charge in [0.05, 0.1) is 6.61 Å². The molecule has 1 saturated heterocycles. The van der Waals surface area contributed by atoms with E-state index in [1.807, 2.05) is 0 Å². The van der Waals surface area contributed by atoms with Crippen LogP contribution in [0.15, 0.2) is 18.2 Å². The van der Waals surface area contributed by atoms with Crippen molar-refractivity contribution in [1.29, 1.82) is 0 Å². The molecule has 0 spiro atoms. The molecule has 1 aliphatic rings. The first-order chi connectivity index (χ1) is 7.97. The van der Waals surface area contributed by atoms with E-state index >= 15 is 0 Å². The predicted octanol–water partition coefficient (Wildman–Crippen LogP) is 2.72. The van der Waals surface area contributed by atoms with Crippen LogP contribution in [0.25, 0.3) is 0 Å². The fourth-order valence-electron chi connectivity index (χ4n) is 1.89.